The van der Waals surface area contributed by atoms with Gasteiger partial charge in [-0.3, -0.25) is 0 Å². The quantitative estimate of drug-likeness (QED) is 0.728. The minimum atomic E-state index is -2.43. The van der Waals surface area contributed by atoms with Gasteiger partial charge >= 0.3 is 25.9 Å². The van der Waals surface area contributed by atoms with Gasteiger partial charge in [0.05, 0.1) is 0 Å². The van der Waals surface area contributed by atoms with Gasteiger partial charge in [-0.2, -0.15) is 0 Å². The number of rotatable bonds is 2. The van der Waals surface area contributed by atoms with E-state index in [4.69, 9.17) is 16.5 Å². The zero-order valence-corrected chi connectivity index (χ0v) is 14.6. The molecule has 0 aliphatic carbocycles. The second kappa shape index (κ2) is 4.18. The third-order valence-corrected chi connectivity index (χ3v) is 15.7. The van der Waals surface area contributed by atoms with Gasteiger partial charge < -0.3 is 16.5 Å². The molecule has 0 N–H and O–H groups in total. The standard InChI is InChI=1S/C7H21O4Si4/c1-12(2)8-15(7)10-13(3,4)9-14(5,6)11-15/h1-7H3. The fourth-order valence-corrected chi connectivity index (χ4v) is 19.5. The van der Waals surface area contributed by atoms with E-state index in [2.05, 4.69) is 39.3 Å². The van der Waals surface area contributed by atoms with Crippen LogP contribution in [-0.4, -0.2) is 35.0 Å². The summed E-state index contributed by atoms with van der Waals surface area (Å²) in [7, 11) is -7.29. The average molecular weight is 282 g/mol. The summed E-state index contributed by atoms with van der Waals surface area (Å²) in [5.41, 5.74) is 0. The molecule has 15 heavy (non-hydrogen) atoms. The molecule has 1 rings (SSSR count). The summed E-state index contributed by atoms with van der Waals surface area (Å²) in [6.07, 6.45) is 0. The van der Waals surface area contributed by atoms with E-state index in [9.17, 15) is 0 Å². The Morgan fingerprint density at radius 1 is 0.800 bits per heavy atom. The first kappa shape index (κ1) is 13.8. The van der Waals surface area contributed by atoms with Gasteiger partial charge in [0.15, 0.2) is 9.04 Å². The highest BCUT2D eigenvalue weighted by molar-refractivity contribution is 6.92. The van der Waals surface area contributed by atoms with Crippen LogP contribution in [0.5, 0.6) is 0 Å². The molecule has 0 aromatic rings. The second-order valence-electron chi connectivity index (χ2n) is 4.98. The van der Waals surface area contributed by atoms with E-state index in [-0.39, 0.29) is 0 Å². The smallest absolute Gasteiger partial charge is 0.416 e. The lowest BCUT2D eigenvalue weighted by atomic mass is 11.9. The highest BCUT2D eigenvalue weighted by Crippen LogP contribution is 2.31. The lowest BCUT2D eigenvalue weighted by molar-refractivity contribution is 0.173. The lowest BCUT2D eigenvalue weighted by Gasteiger charge is -2.47. The van der Waals surface area contributed by atoms with Gasteiger partial charge in [0.25, 0.3) is 0 Å². The molecule has 0 atom stereocenters. The van der Waals surface area contributed by atoms with E-state index < -0.39 is 35.0 Å². The fraction of sp³-hybridized carbons (Fsp3) is 1.00. The van der Waals surface area contributed by atoms with Crippen molar-refractivity contribution in [2.75, 3.05) is 0 Å². The van der Waals surface area contributed by atoms with Gasteiger partial charge in [-0.25, -0.2) is 0 Å². The van der Waals surface area contributed by atoms with Crippen molar-refractivity contribution in [3.05, 3.63) is 0 Å². The monoisotopic (exact) mass is 281 g/mol. The second-order valence-corrected chi connectivity index (χ2v) is 17.4. The molecule has 4 nitrogen and oxygen atoms in total. The molecule has 0 amide bonds. The van der Waals surface area contributed by atoms with Crippen molar-refractivity contribution >= 4 is 35.0 Å². The summed E-state index contributed by atoms with van der Waals surface area (Å²) in [5.74, 6) is 0. The first-order valence-electron chi connectivity index (χ1n) is 5.13. The van der Waals surface area contributed by atoms with E-state index in [1.54, 1.807) is 0 Å². The molecular formula is C7H21O4Si4. The van der Waals surface area contributed by atoms with E-state index in [0.29, 0.717) is 0 Å². The van der Waals surface area contributed by atoms with Gasteiger partial charge in [0.2, 0.25) is 0 Å². The molecule has 89 valence electrons. The predicted molar refractivity (Wildman–Crippen MR) is 68.4 cm³/mol. The number of hydrogen-bond donors (Lipinski definition) is 0. The molecule has 0 bridgehead atoms. The summed E-state index contributed by atoms with van der Waals surface area (Å²) < 4.78 is 23.8. The molecule has 1 radical (unpaired) electrons. The zero-order chi connectivity index (χ0) is 11.9. The average Bonchev–Trinajstić information content (AvgIpc) is 1.70. The fourth-order valence-electron chi connectivity index (χ4n) is 1.96. The van der Waals surface area contributed by atoms with Crippen LogP contribution in [0.15, 0.2) is 0 Å². The van der Waals surface area contributed by atoms with Crippen molar-refractivity contribution < 1.29 is 16.5 Å². The molecule has 8 heteroatoms. The zero-order valence-electron chi connectivity index (χ0n) is 10.6. The molecule has 0 aromatic carbocycles. The Morgan fingerprint density at radius 3 is 1.53 bits per heavy atom. The van der Waals surface area contributed by atoms with Gasteiger partial charge in [-0.15, -0.1) is 0 Å². The third-order valence-electron chi connectivity index (χ3n) is 1.74. The minimum Gasteiger partial charge on any atom is -0.416 e. The summed E-state index contributed by atoms with van der Waals surface area (Å²) in [5, 5.41) is 0. The summed E-state index contributed by atoms with van der Waals surface area (Å²) >= 11 is 0. The minimum absolute atomic E-state index is 0.790. The van der Waals surface area contributed by atoms with Crippen LogP contribution >= 0.6 is 0 Å². The molecule has 0 unspecified atom stereocenters. The van der Waals surface area contributed by atoms with Crippen molar-refractivity contribution in [1.82, 2.24) is 0 Å². The molecule has 0 aromatic heterocycles. The molecule has 1 aliphatic rings. The van der Waals surface area contributed by atoms with Crippen molar-refractivity contribution in [2.24, 2.45) is 0 Å². The predicted octanol–water partition coefficient (Wildman–Crippen LogP) is 2.29. The van der Waals surface area contributed by atoms with Crippen molar-refractivity contribution in [2.45, 2.75) is 45.8 Å². The normalized spacial score (nSPS) is 28.0. The Morgan fingerprint density at radius 2 is 1.20 bits per heavy atom. The van der Waals surface area contributed by atoms with Crippen LogP contribution in [0, 0.1) is 0 Å². The van der Waals surface area contributed by atoms with Gasteiger partial charge in [-0.05, 0) is 39.3 Å². The topological polar surface area (TPSA) is 36.9 Å². The number of hydrogen-bond acceptors (Lipinski definition) is 4. The lowest BCUT2D eigenvalue weighted by Crippen LogP contribution is -2.67. The summed E-state index contributed by atoms with van der Waals surface area (Å²) in [6, 6.07) is 0. The van der Waals surface area contributed by atoms with Crippen molar-refractivity contribution in [3.63, 3.8) is 0 Å². The third kappa shape index (κ3) is 4.23. The van der Waals surface area contributed by atoms with Gasteiger partial charge in [0.1, 0.15) is 0 Å². The molecule has 1 fully saturated rings. The Balaban J connectivity index is 2.82. The van der Waals surface area contributed by atoms with Crippen molar-refractivity contribution in [1.29, 1.82) is 0 Å². The van der Waals surface area contributed by atoms with Gasteiger partial charge in [-0.1, -0.05) is 0 Å². The highest BCUT2D eigenvalue weighted by Gasteiger charge is 2.54. The maximum absolute atomic E-state index is 5.98. The largest absolute Gasteiger partial charge is 0.469 e. The molecular weight excluding hydrogens is 260 g/mol. The highest BCUT2D eigenvalue weighted by atomic mass is 28.5. The summed E-state index contributed by atoms with van der Waals surface area (Å²) in [6.45, 7) is 14.5. The van der Waals surface area contributed by atoms with E-state index >= 15 is 0 Å². The van der Waals surface area contributed by atoms with Crippen LogP contribution in [0.4, 0.5) is 0 Å². The van der Waals surface area contributed by atoms with E-state index in [1.807, 2.05) is 6.55 Å². The van der Waals surface area contributed by atoms with Crippen LogP contribution in [0.3, 0.4) is 0 Å². The van der Waals surface area contributed by atoms with E-state index in [0.717, 1.165) is 0 Å². The first-order chi connectivity index (χ1) is 6.54. The molecule has 1 heterocycles. The van der Waals surface area contributed by atoms with Crippen LogP contribution in [-0.2, 0) is 16.5 Å². The molecule has 1 aliphatic heterocycles. The van der Waals surface area contributed by atoms with Crippen LogP contribution in [0.25, 0.3) is 0 Å². The first-order valence-corrected chi connectivity index (χ1v) is 15.4. The van der Waals surface area contributed by atoms with Crippen LogP contribution in [0.1, 0.15) is 0 Å². The molecule has 0 spiro atoms. The molecule has 1 saturated heterocycles. The Hall–Kier alpha value is 0.708. The summed E-state index contributed by atoms with van der Waals surface area (Å²) in [4.78, 5) is 0. The Labute approximate surface area is 97.5 Å². The Bertz CT molecular complexity index is 227. The van der Waals surface area contributed by atoms with Crippen LogP contribution in [0.2, 0.25) is 45.8 Å². The maximum atomic E-state index is 5.98. The van der Waals surface area contributed by atoms with Crippen LogP contribution < -0.4 is 0 Å². The van der Waals surface area contributed by atoms with Crippen molar-refractivity contribution in [3.8, 4) is 0 Å². The SMILES string of the molecule is C[Si](C)O[Si]1(C)O[Si](C)(C)O[Si](C)(C)O1. The molecule has 0 saturated carbocycles. The Kier molecular flexibility index (Phi) is 3.84. The maximum Gasteiger partial charge on any atom is 0.469 e. The van der Waals surface area contributed by atoms with E-state index in [1.165, 1.54) is 0 Å². The van der Waals surface area contributed by atoms with Gasteiger partial charge in [0, 0.05) is 6.55 Å².